The molecule has 0 heterocycles. The minimum Gasteiger partial charge on any atom is -0.480 e. The summed E-state index contributed by atoms with van der Waals surface area (Å²) >= 11 is 0. The van der Waals surface area contributed by atoms with Crippen molar-refractivity contribution in [3.8, 4) is 0 Å². The molecule has 2 N–H and O–H groups in total. The van der Waals surface area contributed by atoms with Crippen molar-refractivity contribution in [3.05, 3.63) is 35.4 Å². The molecule has 1 unspecified atom stereocenters. The maximum Gasteiger partial charge on any atom is 0.328 e. The molecular weight excluding hydrogens is 190 g/mol. The molecule has 0 bridgehead atoms. The van der Waals surface area contributed by atoms with Crippen LogP contribution in [0.25, 0.3) is 0 Å². The molecule has 0 amide bonds. The van der Waals surface area contributed by atoms with Crippen molar-refractivity contribution in [2.75, 3.05) is 6.54 Å². The average Bonchev–Trinajstić information content (AvgIpc) is 2.17. The molecule has 0 saturated heterocycles. The Balaban J connectivity index is 3.15. The quantitative estimate of drug-likeness (QED) is 0.792. The van der Waals surface area contributed by atoms with Crippen LogP contribution in [0.5, 0.6) is 0 Å². The number of carboxylic acids is 1. The summed E-state index contributed by atoms with van der Waals surface area (Å²) in [5.74, 6) is -0.852. The van der Waals surface area contributed by atoms with Crippen LogP contribution in [-0.4, -0.2) is 17.6 Å². The highest BCUT2D eigenvalue weighted by atomic mass is 16.4. The lowest BCUT2D eigenvalue weighted by Crippen LogP contribution is -2.46. The van der Waals surface area contributed by atoms with E-state index in [1.807, 2.05) is 38.1 Å². The Morgan fingerprint density at radius 2 is 2.20 bits per heavy atom. The number of hydrogen-bond acceptors (Lipinski definition) is 2. The molecule has 1 aromatic rings. The molecule has 1 atom stereocenters. The molecule has 15 heavy (non-hydrogen) atoms. The lowest BCUT2D eigenvalue weighted by molar-refractivity contribution is -0.144. The smallest absolute Gasteiger partial charge is 0.328 e. The van der Waals surface area contributed by atoms with E-state index in [1.165, 1.54) is 0 Å². The summed E-state index contributed by atoms with van der Waals surface area (Å²) in [4.78, 5) is 11.3. The Kier molecular flexibility index (Phi) is 3.48. The lowest BCUT2D eigenvalue weighted by Gasteiger charge is -2.26. The number of hydrogen-bond donors (Lipinski definition) is 2. The molecule has 0 aliphatic heterocycles. The highest BCUT2D eigenvalue weighted by Gasteiger charge is 2.33. The van der Waals surface area contributed by atoms with Gasteiger partial charge in [0.15, 0.2) is 0 Å². The van der Waals surface area contributed by atoms with Crippen molar-refractivity contribution in [1.82, 2.24) is 5.32 Å². The van der Waals surface area contributed by atoms with E-state index < -0.39 is 11.5 Å². The molecule has 0 spiro atoms. The van der Waals surface area contributed by atoms with E-state index >= 15 is 0 Å². The Labute approximate surface area is 90.1 Å². The largest absolute Gasteiger partial charge is 0.480 e. The monoisotopic (exact) mass is 207 g/mol. The zero-order valence-electron chi connectivity index (χ0n) is 9.37. The molecule has 1 rings (SSSR count). The number of rotatable bonds is 4. The Bertz CT molecular complexity index is 362. The van der Waals surface area contributed by atoms with Gasteiger partial charge in [-0.15, -0.1) is 0 Å². The molecule has 0 saturated carbocycles. The Morgan fingerprint density at radius 1 is 1.53 bits per heavy atom. The third-order valence-corrected chi connectivity index (χ3v) is 2.55. The maximum absolute atomic E-state index is 11.3. The third kappa shape index (κ3) is 2.36. The highest BCUT2D eigenvalue weighted by molar-refractivity contribution is 5.80. The SMILES string of the molecule is CCNC(C)(C(=O)O)c1cccc(C)c1. The van der Waals surface area contributed by atoms with Gasteiger partial charge in [-0.1, -0.05) is 36.8 Å². The number of aliphatic carboxylic acids is 1. The molecule has 0 aliphatic carbocycles. The fourth-order valence-electron chi connectivity index (χ4n) is 1.61. The van der Waals surface area contributed by atoms with E-state index in [0.717, 1.165) is 11.1 Å². The van der Waals surface area contributed by atoms with E-state index in [0.29, 0.717) is 6.54 Å². The fourth-order valence-corrected chi connectivity index (χ4v) is 1.61. The second kappa shape index (κ2) is 4.45. The van der Waals surface area contributed by atoms with Gasteiger partial charge >= 0.3 is 5.97 Å². The van der Waals surface area contributed by atoms with Gasteiger partial charge in [0.1, 0.15) is 5.54 Å². The predicted octanol–water partition coefficient (Wildman–Crippen LogP) is 1.90. The minimum atomic E-state index is -0.999. The standard InChI is InChI=1S/C12H17NO2/c1-4-13-12(3,11(14)15)10-7-5-6-9(2)8-10/h5-8,13H,4H2,1-3H3,(H,14,15). The summed E-state index contributed by atoms with van der Waals surface area (Å²) in [5.41, 5.74) is 0.857. The van der Waals surface area contributed by atoms with E-state index in [4.69, 9.17) is 0 Å². The first kappa shape index (κ1) is 11.7. The van der Waals surface area contributed by atoms with Gasteiger partial charge in [0, 0.05) is 0 Å². The number of nitrogens with one attached hydrogen (secondary N) is 1. The average molecular weight is 207 g/mol. The third-order valence-electron chi connectivity index (χ3n) is 2.55. The molecule has 3 heteroatoms. The molecular formula is C12H17NO2. The Hall–Kier alpha value is -1.35. The highest BCUT2D eigenvalue weighted by Crippen LogP contribution is 2.21. The molecule has 0 aromatic heterocycles. The molecule has 0 aliphatic rings. The number of carbonyl (C=O) groups is 1. The number of likely N-dealkylation sites (N-methyl/N-ethyl adjacent to an activating group) is 1. The molecule has 82 valence electrons. The summed E-state index contributed by atoms with van der Waals surface area (Å²) in [6.45, 7) is 6.17. The summed E-state index contributed by atoms with van der Waals surface area (Å²) in [5, 5.41) is 12.2. The van der Waals surface area contributed by atoms with Crippen molar-refractivity contribution in [2.24, 2.45) is 0 Å². The van der Waals surface area contributed by atoms with Gasteiger partial charge in [-0.25, -0.2) is 4.79 Å². The van der Waals surface area contributed by atoms with Crippen LogP contribution >= 0.6 is 0 Å². The van der Waals surface area contributed by atoms with Crippen LogP contribution in [0.15, 0.2) is 24.3 Å². The zero-order chi connectivity index (χ0) is 11.5. The normalized spacial score (nSPS) is 14.6. The Morgan fingerprint density at radius 3 is 2.67 bits per heavy atom. The van der Waals surface area contributed by atoms with Crippen LogP contribution in [0, 0.1) is 6.92 Å². The van der Waals surface area contributed by atoms with Gasteiger partial charge in [0.05, 0.1) is 0 Å². The van der Waals surface area contributed by atoms with Gasteiger partial charge in [-0.3, -0.25) is 5.32 Å². The first-order valence-corrected chi connectivity index (χ1v) is 5.06. The van der Waals surface area contributed by atoms with Gasteiger partial charge in [0.25, 0.3) is 0 Å². The van der Waals surface area contributed by atoms with Crippen LogP contribution in [0.1, 0.15) is 25.0 Å². The topological polar surface area (TPSA) is 49.3 Å². The molecule has 0 fully saturated rings. The lowest BCUT2D eigenvalue weighted by atomic mass is 9.91. The number of aryl methyl sites for hydroxylation is 1. The predicted molar refractivity (Wildman–Crippen MR) is 59.8 cm³/mol. The first-order chi connectivity index (χ1) is 7.00. The van der Waals surface area contributed by atoms with Gasteiger partial charge in [-0.05, 0) is 26.0 Å². The van der Waals surface area contributed by atoms with Gasteiger partial charge < -0.3 is 5.11 Å². The van der Waals surface area contributed by atoms with Gasteiger partial charge in [0.2, 0.25) is 0 Å². The maximum atomic E-state index is 11.3. The number of benzene rings is 1. The summed E-state index contributed by atoms with van der Waals surface area (Å²) in [6, 6.07) is 7.57. The van der Waals surface area contributed by atoms with Crippen molar-refractivity contribution in [2.45, 2.75) is 26.3 Å². The zero-order valence-corrected chi connectivity index (χ0v) is 9.37. The molecule has 1 aromatic carbocycles. The van der Waals surface area contributed by atoms with Crippen molar-refractivity contribution < 1.29 is 9.90 Å². The van der Waals surface area contributed by atoms with E-state index in [1.54, 1.807) is 6.92 Å². The molecule has 3 nitrogen and oxygen atoms in total. The van der Waals surface area contributed by atoms with Crippen LogP contribution in [0.3, 0.4) is 0 Å². The molecule has 0 radical (unpaired) electrons. The van der Waals surface area contributed by atoms with Crippen molar-refractivity contribution in [1.29, 1.82) is 0 Å². The van der Waals surface area contributed by atoms with Crippen molar-refractivity contribution >= 4 is 5.97 Å². The minimum absolute atomic E-state index is 0.622. The van der Waals surface area contributed by atoms with Gasteiger partial charge in [-0.2, -0.15) is 0 Å². The summed E-state index contributed by atoms with van der Waals surface area (Å²) in [7, 11) is 0. The second-order valence-corrected chi connectivity index (χ2v) is 3.83. The number of carboxylic acid groups (broad SMARTS) is 1. The first-order valence-electron chi connectivity index (χ1n) is 5.06. The van der Waals surface area contributed by atoms with Crippen LogP contribution in [0.2, 0.25) is 0 Å². The van der Waals surface area contributed by atoms with Crippen molar-refractivity contribution in [3.63, 3.8) is 0 Å². The van der Waals surface area contributed by atoms with Crippen LogP contribution < -0.4 is 5.32 Å². The van der Waals surface area contributed by atoms with E-state index in [-0.39, 0.29) is 0 Å². The summed E-state index contributed by atoms with van der Waals surface area (Å²) < 4.78 is 0. The van der Waals surface area contributed by atoms with E-state index in [9.17, 15) is 9.90 Å². The summed E-state index contributed by atoms with van der Waals surface area (Å²) in [6.07, 6.45) is 0. The second-order valence-electron chi connectivity index (χ2n) is 3.83. The van der Waals surface area contributed by atoms with Crippen LogP contribution in [0.4, 0.5) is 0 Å². The fraction of sp³-hybridized carbons (Fsp3) is 0.417. The van der Waals surface area contributed by atoms with E-state index in [2.05, 4.69) is 5.32 Å². The van der Waals surface area contributed by atoms with Crippen LogP contribution in [-0.2, 0) is 10.3 Å².